The number of likely N-dealkylation sites (tertiary alicyclic amines) is 1. The molecule has 2 heterocycles. The molecule has 0 N–H and O–H groups in total. The van der Waals surface area contributed by atoms with Crippen molar-refractivity contribution in [2.75, 3.05) is 13.6 Å². The third-order valence-electron chi connectivity index (χ3n) is 2.58. The second kappa shape index (κ2) is 3.74. The van der Waals surface area contributed by atoms with Gasteiger partial charge < -0.3 is 4.90 Å². The fourth-order valence-corrected chi connectivity index (χ4v) is 2.31. The molecule has 0 spiro atoms. The SMILES string of the molecule is CN1CCC(n2cc(S(=O)(=O)Cl)cn2)C1=O. The molecule has 1 aliphatic rings. The van der Waals surface area contributed by atoms with Crippen LogP contribution in [0.3, 0.4) is 0 Å². The number of carbonyl (C=O) groups excluding carboxylic acids is 1. The topological polar surface area (TPSA) is 72.3 Å². The van der Waals surface area contributed by atoms with E-state index in [1.165, 1.54) is 10.9 Å². The van der Waals surface area contributed by atoms with Crippen molar-refractivity contribution in [1.29, 1.82) is 0 Å². The summed E-state index contributed by atoms with van der Waals surface area (Å²) in [5.74, 6) is -0.0679. The molecule has 0 aliphatic carbocycles. The molecule has 1 aromatic heterocycles. The lowest BCUT2D eigenvalue weighted by molar-refractivity contribution is -0.129. The van der Waals surface area contributed by atoms with Crippen molar-refractivity contribution in [3.8, 4) is 0 Å². The predicted molar refractivity (Wildman–Crippen MR) is 56.6 cm³/mol. The van der Waals surface area contributed by atoms with Gasteiger partial charge in [-0.2, -0.15) is 5.10 Å². The Morgan fingerprint density at radius 3 is 2.69 bits per heavy atom. The first-order valence-corrected chi connectivity index (χ1v) is 6.94. The second-order valence-electron chi connectivity index (χ2n) is 3.66. The third-order valence-corrected chi connectivity index (χ3v) is 3.89. The van der Waals surface area contributed by atoms with Crippen LogP contribution in [0.25, 0.3) is 0 Å². The summed E-state index contributed by atoms with van der Waals surface area (Å²) >= 11 is 0. The van der Waals surface area contributed by atoms with Crippen molar-refractivity contribution < 1.29 is 13.2 Å². The van der Waals surface area contributed by atoms with Crippen molar-refractivity contribution in [1.82, 2.24) is 14.7 Å². The summed E-state index contributed by atoms with van der Waals surface area (Å²) in [5, 5.41) is 3.86. The maximum absolute atomic E-state index is 11.6. The molecule has 88 valence electrons. The molecule has 1 aromatic rings. The average molecular weight is 264 g/mol. The summed E-state index contributed by atoms with van der Waals surface area (Å²) in [6, 6.07) is -0.419. The molecule has 1 aliphatic heterocycles. The van der Waals surface area contributed by atoms with Crippen LogP contribution in [0.5, 0.6) is 0 Å². The van der Waals surface area contributed by atoms with E-state index in [1.54, 1.807) is 11.9 Å². The van der Waals surface area contributed by atoms with Crippen LogP contribution in [0.2, 0.25) is 0 Å². The predicted octanol–water partition coefficient (Wildman–Crippen LogP) is 0.214. The van der Waals surface area contributed by atoms with Gasteiger partial charge in [0.25, 0.3) is 9.05 Å². The fraction of sp³-hybridized carbons (Fsp3) is 0.500. The Morgan fingerprint density at radius 2 is 2.25 bits per heavy atom. The molecular formula is C8H10ClN3O3S. The zero-order valence-electron chi connectivity index (χ0n) is 8.50. The van der Waals surface area contributed by atoms with Crippen molar-refractivity contribution in [2.24, 2.45) is 0 Å². The van der Waals surface area contributed by atoms with Gasteiger partial charge in [-0.1, -0.05) is 0 Å². The number of aromatic nitrogens is 2. The number of hydrogen-bond donors (Lipinski definition) is 0. The lowest BCUT2D eigenvalue weighted by Gasteiger charge is -2.09. The van der Waals surface area contributed by atoms with Crippen LogP contribution < -0.4 is 0 Å². The fourth-order valence-electron chi connectivity index (χ4n) is 1.67. The number of likely N-dealkylation sites (N-methyl/N-ethyl adjacent to an activating group) is 1. The first-order chi connectivity index (χ1) is 7.39. The number of nitrogens with zero attached hydrogens (tertiary/aromatic N) is 3. The van der Waals surface area contributed by atoms with Crippen LogP contribution in [-0.4, -0.2) is 42.6 Å². The zero-order valence-corrected chi connectivity index (χ0v) is 10.1. The third kappa shape index (κ3) is 1.92. The molecule has 0 radical (unpaired) electrons. The standard InChI is InChI=1S/C8H10ClN3O3S/c1-11-3-2-7(8(11)13)12-5-6(4-10-12)16(9,14)15/h4-5,7H,2-3H2,1H3. The van der Waals surface area contributed by atoms with Gasteiger partial charge in [0.1, 0.15) is 10.9 Å². The smallest absolute Gasteiger partial charge is 0.264 e. The molecule has 2 rings (SSSR count). The van der Waals surface area contributed by atoms with Crippen LogP contribution in [0, 0.1) is 0 Å². The lowest BCUT2D eigenvalue weighted by Crippen LogP contribution is -2.24. The van der Waals surface area contributed by atoms with Gasteiger partial charge in [-0.05, 0) is 6.42 Å². The zero-order chi connectivity index (χ0) is 11.9. The highest BCUT2D eigenvalue weighted by atomic mass is 35.7. The van der Waals surface area contributed by atoms with Gasteiger partial charge in [0.05, 0.1) is 6.20 Å². The van der Waals surface area contributed by atoms with Gasteiger partial charge in [-0.3, -0.25) is 9.48 Å². The Kier molecular flexibility index (Phi) is 2.67. The van der Waals surface area contributed by atoms with E-state index in [0.29, 0.717) is 13.0 Å². The lowest BCUT2D eigenvalue weighted by atomic mass is 10.2. The first kappa shape index (κ1) is 11.4. The minimum atomic E-state index is -3.78. The normalized spacial score (nSPS) is 21.8. The number of hydrogen-bond acceptors (Lipinski definition) is 4. The summed E-state index contributed by atoms with van der Waals surface area (Å²) in [7, 11) is 3.09. The van der Waals surface area contributed by atoms with Gasteiger partial charge in [-0.25, -0.2) is 8.42 Å². The van der Waals surface area contributed by atoms with Crippen LogP contribution in [-0.2, 0) is 13.8 Å². The highest BCUT2D eigenvalue weighted by Gasteiger charge is 2.31. The maximum atomic E-state index is 11.6. The van der Waals surface area contributed by atoms with E-state index in [0.717, 1.165) is 6.20 Å². The molecule has 16 heavy (non-hydrogen) atoms. The molecular weight excluding hydrogens is 254 g/mol. The number of rotatable bonds is 2. The minimum Gasteiger partial charge on any atom is -0.344 e. The van der Waals surface area contributed by atoms with E-state index in [2.05, 4.69) is 5.10 Å². The molecule has 1 amide bonds. The molecule has 1 saturated heterocycles. The molecule has 0 saturated carbocycles. The van der Waals surface area contributed by atoms with Crippen LogP contribution in [0.15, 0.2) is 17.3 Å². The van der Waals surface area contributed by atoms with Crippen LogP contribution in [0.1, 0.15) is 12.5 Å². The highest BCUT2D eigenvalue weighted by molar-refractivity contribution is 8.13. The van der Waals surface area contributed by atoms with E-state index in [9.17, 15) is 13.2 Å². The number of halogens is 1. The van der Waals surface area contributed by atoms with E-state index < -0.39 is 15.1 Å². The maximum Gasteiger partial charge on any atom is 0.264 e. The van der Waals surface area contributed by atoms with Crippen molar-refractivity contribution in [3.05, 3.63) is 12.4 Å². The average Bonchev–Trinajstić information content (AvgIpc) is 2.74. The summed E-state index contributed by atoms with van der Waals surface area (Å²) < 4.78 is 23.4. The molecule has 0 aromatic carbocycles. The van der Waals surface area contributed by atoms with E-state index in [1.807, 2.05) is 0 Å². The molecule has 6 nitrogen and oxygen atoms in total. The Morgan fingerprint density at radius 1 is 1.56 bits per heavy atom. The monoisotopic (exact) mass is 263 g/mol. The highest BCUT2D eigenvalue weighted by Crippen LogP contribution is 2.23. The Balaban J connectivity index is 2.30. The largest absolute Gasteiger partial charge is 0.344 e. The second-order valence-corrected chi connectivity index (χ2v) is 6.22. The molecule has 0 bridgehead atoms. The van der Waals surface area contributed by atoms with E-state index in [-0.39, 0.29) is 10.8 Å². The number of amides is 1. The van der Waals surface area contributed by atoms with Crippen LogP contribution in [0.4, 0.5) is 0 Å². The van der Waals surface area contributed by atoms with Gasteiger partial charge in [0.15, 0.2) is 0 Å². The van der Waals surface area contributed by atoms with Gasteiger partial charge in [-0.15, -0.1) is 0 Å². The van der Waals surface area contributed by atoms with Crippen LogP contribution >= 0.6 is 10.7 Å². The summed E-state index contributed by atoms with van der Waals surface area (Å²) in [6.07, 6.45) is 3.05. The van der Waals surface area contributed by atoms with Crippen molar-refractivity contribution in [3.63, 3.8) is 0 Å². The van der Waals surface area contributed by atoms with E-state index >= 15 is 0 Å². The van der Waals surface area contributed by atoms with Gasteiger partial charge in [0.2, 0.25) is 5.91 Å². The molecule has 1 fully saturated rings. The first-order valence-electron chi connectivity index (χ1n) is 4.63. The Hall–Kier alpha value is -1.08. The molecule has 1 atom stereocenters. The Labute approximate surface area is 97.2 Å². The van der Waals surface area contributed by atoms with Crippen molar-refractivity contribution >= 4 is 25.6 Å². The molecule has 1 unspecified atom stereocenters. The van der Waals surface area contributed by atoms with Gasteiger partial charge >= 0.3 is 0 Å². The van der Waals surface area contributed by atoms with Crippen molar-refractivity contribution in [2.45, 2.75) is 17.4 Å². The summed E-state index contributed by atoms with van der Waals surface area (Å²) in [5.41, 5.74) is 0. The molecule has 8 heteroatoms. The summed E-state index contributed by atoms with van der Waals surface area (Å²) in [6.45, 7) is 0.645. The van der Waals surface area contributed by atoms with Gasteiger partial charge in [0, 0.05) is 30.5 Å². The van der Waals surface area contributed by atoms with E-state index in [4.69, 9.17) is 10.7 Å². The Bertz CT molecular complexity index is 524. The number of carbonyl (C=O) groups is 1. The summed E-state index contributed by atoms with van der Waals surface area (Å²) in [4.78, 5) is 13.1. The quantitative estimate of drug-likeness (QED) is 0.716. The minimum absolute atomic E-state index is 0.0679.